The molecular formula is C35H63N7O6. The van der Waals surface area contributed by atoms with Gasteiger partial charge >= 0.3 is 0 Å². The van der Waals surface area contributed by atoms with E-state index in [0.717, 1.165) is 57.8 Å². The molecule has 2 aliphatic carbocycles. The molecule has 5 amide bonds. The van der Waals surface area contributed by atoms with Crippen molar-refractivity contribution < 1.29 is 29.1 Å². The topological polar surface area (TPSA) is 186 Å². The first-order valence-corrected chi connectivity index (χ1v) is 18.4. The molecule has 0 radical (unpaired) electrons. The lowest BCUT2D eigenvalue weighted by Gasteiger charge is -2.39. The maximum Gasteiger partial charge on any atom is 0.245 e. The zero-order valence-corrected chi connectivity index (χ0v) is 30.1. The van der Waals surface area contributed by atoms with Crippen LogP contribution in [0.1, 0.15) is 105 Å². The van der Waals surface area contributed by atoms with Gasteiger partial charge in [0.05, 0.1) is 12.1 Å². The van der Waals surface area contributed by atoms with Crippen LogP contribution in [-0.4, -0.2) is 113 Å². The normalized spacial score (nSPS) is 31.1. The van der Waals surface area contributed by atoms with E-state index in [1.807, 2.05) is 27.7 Å². The van der Waals surface area contributed by atoms with Gasteiger partial charge in [0, 0.05) is 32.7 Å². The minimum absolute atomic E-state index is 0.0903. The molecule has 0 aromatic rings. The van der Waals surface area contributed by atoms with Crippen LogP contribution in [0.3, 0.4) is 0 Å². The summed E-state index contributed by atoms with van der Waals surface area (Å²) in [7, 11) is 1.66. The smallest absolute Gasteiger partial charge is 0.245 e. The maximum atomic E-state index is 14.3. The quantitative estimate of drug-likeness (QED) is 0.220. The van der Waals surface area contributed by atoms with Crippen molar-refractivity contribution in [3.63, 3.8) is 0 Å². The largest absolute Gasteiger partial charge is 0.391 e. The highest BCUT2D eigenvalue weighted by atomic mass is 16.3. The minimum atomic E-state index is -1.30. The number of carbonyl (C=O) groups excluding carboxylic acids is 5. The van der Waals surface area contributed by atoms with Gasteiger partial charge in [-0.2, -0.15) is 0 Å². The van der Waals surface area contributed by atoms with Crippen molar-refractivity contribution in [3.8, 4) is 0 Å². The number of rotatable bonds is 8. The molecule has 13 nitrogen and oxygen atoms in total. The molecule has 1 heterocycles. The lowest BCUT2D eigenvalue weighted by Crippen LogP contribution is -2.64. The molecule has 3 aliphatic rings. The molecule has 7 atom stereocenters. The molecule has 1 saturated heterocycles. The molecule has 3 rings (SSSR count). The minimum Gasteiger partial charge on any atom is -0.391 e. The molecule has 1 aliphatic heterocycles. The van der Waals surface area contributed by atoms with Gasteiger partial charge in [0.2, 0.25) is 29.5 Å². The van der Waals surface area contributed by atoms with Crippen LogP contribution in [0.2, 0.25) is 0 Å². The van der Waals surface area contributed by atoms with Crippen LogP contribution in [0.25, 0.3) is 0 Å². The summed E-state index contributed by atoms with van der Waals surface area (Å²) in [5.74, 6) is -2.05. The van der Waals surface area contributed by atoms with Crippen LogP contribution in [0.4, 0.5) is 0 Å². The van der Waals surface area contributed by atoms with E-state index in [1.165, 1.54) is 11.8 Å². The summed E-state index contributed by atoms with van der Waals surface area (Å²) in [6.45, 7) is 10.0. The first-order valence-electron chi connectivity index (χ1n) is 18.4. The third kappa shape index (κ3) is 10.9. The Labute approximate surface area is 287 Å². The van der Waals surface area contributed by atoms with Crippen LogP contribution in [0.5, 0.6) is 0 Å². The van der Waals surface area contributed by atoms with Gasteiger partial charge in [0.25, 0.3) is 0 Å². The lowest BCUT2D eigenvalue weighted by molar-refractivity contribution is -0.145. The van der Waals surface area contributed by atoms with Gasteiger partial charge in [0.15, 0.2) is 0 Å². The van der Waals surface area contributed by atoms with Crippen molar-refractivity contribution in [1.82, 2.24) is 31.1 Å². The van der Waals surface area contributed by atoms with E-state index in [-0.39, 0.29) is 30.3 Å². The summed E-state index contributed by atoms with van der Waals surface area (Å²) in [5, 5.41) is 21.9. The van der Waals surface area contributed by atoms with Crippen molar-refractivity contribution in [3.05, 3.63) is 0 Å². The van der Waals surface area contributed by atoms with Crippen molar-refractivity contribution in [2.45, 2.75) is 148 Å². The number of nitrogens with one attached hydrogen (secondary N) is 4. The summed E-state index contributed by atoms with van der Waals surface area (Å²) in [5.41, 5.74) is 5.96. The molecule has 0 aromatic carbocycles. The number of carbonyl (C=O) groups is 5. The summed E-state index contributed by atoms with van der Waals surface area (Å²) in [6.07, 6.45) is 8.47. The van der Waals surface area contributed by atoms with E-state index in [0.29, 0.717) is 31.8 Å². The molecule has 0 unspecified atom stereocenters. The van der Waals surface area contributed by atoms with Crippen LogP contribution in [-0.2, 0) is 24.0 Å². The number of hydrogen-bond acceptors (Lipinski definition) is 8. The molecule has 2 saturated carbocycles. The molecule has 7 N–H and O–H groups in total. The summed E-state index contributed by atoms with van der Waals surface area (Å²) < 4.78 is 0. The fourth-order valence-electron chi connectivity index (χ4n) is 7.52. The zero-order chi connectivity index (χ0) is 35.5. The first-order chi connectivity index (χ1) is 22.8. The standard InChI is InChI=1S/C35H63N7O6/c1-7-26-20-42(19-24-13-11-12-14-24)22(4)35(48)41(6)28(17-21(2)3)32(45)40-30(25-15-9-8-10-16-25)34(47)38-27(18-36)31(44)39-29(23(5)43)33(46)37-26/h21-30,43H,7-20,36H2,1-6H3,(H,37,46)(H,38,47)(H,39,44)(H,40,45)/t22-,23-,26+,27-,28-,29-,30-/m0/s1. The van der Waals surface area contributed by atoms with Gasteiger partial charge in [-0.05, 0) is 70.1 Å². The van der Waals surface area contributed by atoms with E-state index < -0.39 is 59.9 Å². The summed E-state index contributed by atoms with van der Waals surface area (Å²) >= 11 is 0. The Morgan fingerprint density at radius 1 is 0.833 bits per heavy atom. The van der Waals surface area contributed by atoms with Crippen LogP contribution >= 0.6 is 0 Å². The molecule has 3 fully saturated rings. The van der Waals surface area contributed by atoms with Crippen LogP contribution < -0.4 is 27.0 Å². The van der Waals surface area contributed by atoms with E-state index in [4.69, 9.17) is 5.73 Å². The number of aliphatic hydroxyl groups excluding tert-OH is 1. The van der Waals surface area contributed by atoms with Gasteiger partial charge in [0.1, 0.15) is 24.2 Å². The van der Waals surface area contributed by atoms with E-state index in [2.05, 4.69) is 26.2 Å². The van der Waals surface area contributed by atoms with Crippen molar-refractivity contribution in [2.24, 2.45) is 23.5 Å². The monoisotopic (exact) mass is 677 g/mol. The van der Waals surface area contributed by atoms with Gasteiger partial charge in [-0.1, -0.05) is 52.9 Å². The van der Waals surface area contributed by atoms with Crippen molar-refractivity contribution in [1.29, 1.82) is 0 Å². The Bertz CT molecular complexity index is 1090. The Morgan fingerprint density at radius 3 is 2.02 bits per heavy atom. The Hall–Kier alpha value is -2.77. The number of hydrogen-bond donors (Lipinski definition) is 6. The SMILES string of the molecule is CC[C@@H]1CN(CC2CCCC2)[C@@H](C)C(=O)N(C)[C@@H](CC(C)C)C(=O)N[C@@H](C2CCCCC2)C(=O)N[C@@H](CN)C(=O)N[C@@H]([C@H](C)O)C(=O)N1. The molecular weight excluding hydrogens is 614 g/mol. The number of aliphatic hydroxyl groups is 1. The number of nitrogens with two attached hydrogens (primary N) is 1. The van der Waals surface area contributed by atoms with Crippen LogP contribution in [0, 0.1) is 17.8 Å². The zero-order valence-electron chi connectivity index (χ0n) is 30.1. The molecule has 0 bridgehead atoms. The van der Waals surface area contributed by atoms with Gasteiger partial charge < -0.3 is 37.0 Å². The van der Waals surface area contributed by atoms with E-state index >= 15 is 0 Å². The van der Waals surface area contributed by atoms with E-state index in [9.17, 15) is 29.1 Å². The highest BCUT2D eigenvalue weighted by Crippen LogP contribution is 2.28. The maximum absolute atomic E-state index is 14.3. The number of nitrogens with zero attached hydrogens (tertiary/aromatic N) is 2. The second-order valence-electron chi connectivity index (χ2n) is 14.9. The molecule has 0 spiro atoms. The Morgan fingerprint density at radius 2 is 1.46 bits per heavy atom. The molecule has 0 aromatic heterocycles. The third-order valence-corrected chi connectivity index (χ3v) is 10.6. The highest BCUT2D eigenvalue weighted by Gasteiger charge is 2.39. The average molecular weight is 678 g/mol. The fraction of sp³-hybridized carbons (Fsp3) is 0.857. The highest BCUT2D eigenvalue weighted by molar-refractivity contribution is 5.96. The fourth-order valence-corrected chi connectivity index (χ4v) is 7.52. The third-order valence-electron chi connectivity index (χ3n) is 10.6. The Balaban J connectivity index is 2.06. The molecule has 48 heavy (non-hydrogen) atoms. The predicted molar refractivity (Wildman–Crippen MR) is 184 cm³/mol. The van der Waals surface area contributed by atoms with Gasteiger partial charge in [-0.25, -0.2) is 0 Å². The number of likely N-dealkylation sites (N-methyl/N-ethyl adjacent to an activating group) is 1. The summed E-state index contributed by atoms with van der Waals surface area (Å²) in [6, 6.07) is -5.21. The predicted octanol–water partition coefficient (Wildman–Crippen LogP) is 1.02. The molecule has 13 heteroatoms. The van der Waals surface area contributed by atoms with Crippen molar-refractivity contribution in [2.75, 3.05) is 26.7 Å². The van der Waals surface area contributed by atoms with Crippen molar-refractivity contribution >= 4 is 29.5 Å². The Kier molecular flexibility index (Phi) is 15.6. The van der Waals surface area contributed by atoms with Gasteiger partial charge in [-0.3, -0.25) is 28.9 Å². The average Bonchev–Trinajstić information content (AvgIpc) is 3.58. The van der Waals surface area contributed by atoms with E-state index in [1.54, 1.807) is 7.05 Å². The molecule has 274 valence electrons. The lowest BCUT2D eigenvalue weighted by atomic mass is 9.83. The summed E-state index contributed by atoms with van der Waals surface area (Å²) in [4.78, 5) is 73.0. The number of amides is 5. The second kappa shape index (κ2) is 18.8. The first kappa shape index (κ1) is 39.7. The van der Waals surface area contributed by atoms with Gasteiger partial charge in [-0.15, -0.1) is 0 Å². The second-order valence-corrected chi connectivity index (χ2v) is 14.9. The van der Waals surface area contributed by atoms with Crippen LogP contribution in [0.15, 0.2) is 0 Å².